The monoisotopic (exact) mass is 663 g/mol. The molecule has 1 fully saturated rings. The molecule has 48 heavy (non-hydrogen) atoms. The third kappa shape index (κ3) is 7.35. The Morgan fingerprint density at radius 3 is 2.58 bits per heavy atom. The van der Waals surface area contributed by atoms with Crippen LogP contribution in [0.25, 0.3) is 0 Å². The maximum atomic E-state index is 15.5. The van der Waals surface area contributed by atoms with E-state index in [1.165, 1.54) is 13.2 Å². The molecule has 0 spiro atoms. The van der Waals surface area contributed by atoms with Gasteiger partial charge in [-0.25, -0.2) is 9.38 Å². The van der Waals surface area contributed by atoms with Gasteiger partial charge in [-0.05, 0) is 98.9 Å². The number of likely N-dealkylation sites (N-methyl/N-ethyl adjacent to an activating group) is 1. The number of benzene rings is 1. The standard InChI is InChI=1S/C36H46FN5O6/c1-6-21(17-43)26-14-31-33-27(16-42(31)36(46)28(26)18-47-5)20(3)30(11-10-23-12-24(40-33)13-29(37)25(23)7-2)41-35(45)34(22-8-9-22)48-19-39-32(44)15-38-4/h12-14,17,21-22,30,34,38H,6-11,15-16,18-19H2,1-5H3,(H,39,44)(H,41,45)/b27-20+,40-33?. The molecule has 3 heterocycles. The van der Waals surface area contributed by atoms with Gasteiger partial charge in [0.2, 0.25) is 11.8 Å². The Morgan fingerprint density at radius 1 is 1.17 bits per heavy atom. The number of pyridine rings is 1. The van der Waals surface area contributed by atoms with Gasteiger partial charge in [0.1, 0.15) is 24.9 Å². The molecule has 5 rings (SSSR count). The molecule has 3 N–H and O–H groups in total. The highest BCUT2D eigenvalue weighted by molar-refractivity contribution is 6.15. The number of hydrogen-bond donors (Lipinski definition) is 3. The van der Waals surface area contributed by atoms with Crippen molar-refractivity contribution >= 4 is 29.5 Å². The van der Waals surface area contributed by atoms with Crippen molar-refractivity contribution in [1.29, 1.82) is 0 Å². The Bertz CT molecular complexity index is 1690. The van der Waals surface area contributed by atoms with Crippen LogP contribution in [0.3, 0.4) is 0 Å². The summed E-state index contributed by atoms with van der Waals surface area (Å²) in [7, 11) is 3.18. The van der Waals surface area contributed by atoms with Gasteiger partial charge in [0, 0.05) is 24.2 Å². The number of aldehydes is 1. The molecule has 11 nitrogen and oxygen atoms in total. The maximum absolute atomic E-state index is 15.5. The van der Waals surface area contributed by atoms with E-state index in [0.29, 0.717) is 59.5 Å². The minimum atomic E-state index is -0.745. The highest BCUT2D eigenvalue weighted by Gasteiger charge is 2.39. The van der Waals surface area contributed by atoms with Gasteiger partial charge >= 0.3 is 0 Å². The van der Waals surface area contributed by atoms with Crippen molar-refractivity contribution in [1.82, 2.24) is 20.5 Å². The van der Waals surface area contributed by atoms with Crippen LogP contribution < -0.4 is 21.5 Å². The number of aromatic nitrogens is 1. The average Bonchev–Trinajstić information content (AvgIpc) is 3.84. The topological polar surface area (TPSA) is 140 Å². The summed E-state index contributed by atoms with van der Waals surface area (Å²) >= 11 is 0. The molecule has 3 atom stereocenters. The van der Waals surface area contributed by atoms with Crippen molar-refractivity contribution in [3.8, 4) is 0 Å². The number of aryl methyl sites for hydroxylation is 1. The second-order valence-corrected chi connectivity index (χ2v) is 12.8. The smallest absolute Gasteiger partial charge is 0.257 e. The number of ether oxygens (including phenoxy) is 2. The lowest BCUT2D eigenvalue weighted by Crippen LogP contribution is -2.46. The Balaban J connectivity index is 1.59. The fourth-order valence-electron chi connectivity index (χ4n) is 6.81. The van der Waals surface area contributed by atoms with E-state index in [2.05, 4.69) is 16.0 Å². The molecule has 258 valence electrons. The minimum absolute atomic E-state index is 0.0459. The van der Waals surface area contributed by atoms with Crippen molar-refractivity contribution in [3.05, 3.63) is 73.5 Å². The molecule has 2 aliphatic heterocycles. The van der Waals surface area contributed by atoms with Crippen LogP contribution in [0.4, 0.5) is 10.1 Å². The molecule has 1 saturated carbocycles. The van der Waals surface area contributed by atoms with E-state index in [9.17, 15) is 19.2 Å². The molecule has 1 aliphatic carbocycles. The number of aliphatic imine (C=N–C) groups is 1. The van der Waals surface area contributed by atoms with E-state index in [4.69, 9.17) is 14.5 Å². The normalized spacial score (nSPS) is 19.9. The molecule has 2 amide bonds. The number of nitrogens with zero attached hydrogens (tertiary/aromatic N) is 2. The number of nitrogens with one attached hydrogen (secondary N) is 3. The number of carbonyl (C=O) groups is 3. The molecule has 0 saturated heterocycles. The number of fused-ring (bicyclic) bond motifs is 5. The summed E-state index contributed by atoms with van der Waals surface area (Å²) in [5, 5.41) is 8.67. The Labute approximate surface area is 280 Å². The molecule has 12 heteroatoms. The van der Waals surface area contributed by atoms with Gasteiger partial charge in [0.15, 0.2) is 0 Å². The van der Waals surface area contributed by atoms with E-state index in [1.807, 2.05) is 32.9 Å². The zero-order valence-electron chi connectivity index (χ0n) is 28.4. The van der Waals surface area contributed by atoms with Crippen molar-refractivity contribution in [2.75, 3.05) is 27.4 Å². The van der Waals surface area contributed by atoms with Crippen molar-refractivity contribution < 1.29 is 28.2 Å². The Hall–Kier alpha value is -4.00. The Morgan fingerprint density at radius 2 is 1.94 bits per heavy atom. The summed E-state index contributed by atoms with van der Waals surface area (Å²) in [6.07, 6.45) is 3.77. The Kier molecular flexibility index (Phi) is 11.4. The van der Waals surface area contributed by atoms with Gasteiger partial charge < -0.3 is 34.8 Å². The first-order valence-corrected chi connectivity index (χ1v) is 16.8. The number of rotatable bonds is 14. The number of methoxy groups -OCH3 is 1. The van der Waals surface area contributed by atoms with Gasteiger partial charge in [0.05, 0.1) is 42.8 Å². The number of halogens is 1. The van der Waals surface area contributed by atoms with Crippen LogP contribution >= 0.6 is 0 Å². The van der Waals surface area contributed by atoms with Gasteiger partial charge in [-0.1, -0.05) is 13.8 Å². The molecule has 1 aromatic heterocycles. The largest absolute Gasteiger partial charge is 0.380 e. The number of hydrogen-bond acceptors (Lipinski definition) is 8. The van der Waals surface area contributed by atoms with Crippen LogP contribution in [0.5, 0.6) is 0 Å². The van der Waals surface area contributed by atoms with Gasteiger partial charge in [-0.15, -0.1) is 0 Å². The predicted molar refractivity (Wildman–Crippen MR) is 180 cm³/mol. The first kappa shape index (κ1) is 35.3. The lowest BCUT2D eigenvalue weighted by molar-refractivity contribution is -0.137. The van der Waals surface area contributed by atoms with Crippen molar-refractivity contribution in [2.45, 2.75) is 90.5 Å². The third-order valence-corrected chi connectivity index (χ3v) is 9.63. The van der Waals surface area contributed by atoms with E-state index < -0.39 is 18.1 Å². The van der Waals surface area contributed by atoms with Crippen LogP contribution in [-0.2, 0) is 49.9 Å². The maximum Gasteiger partial charge on any atom is 0.257 e. The molecular weight excluding hydrogens is 617 g/mol. The molecule has 2 aromatic rings. The molecule has 3 aliphatic rings. The third-order valence-electron chi connectivity index (χ3n) is 9.63. The minimum Gasteiger partial charge on any atom is -0.380 e. The molecule has 0 radical (unpaired) electrons. The van der Waals surface area contributed by atoms with Crippen molar-refractivity contribution in [3.63, 3.8) is 0 Å². The van der Waals surface area contributed by atoms with Crippen LogP contribution in [-0.4, -0.2) is 68.0 Å². The van der Waals surface area contributed by atoms with Gasteiger partial charge in [-0.2, -0.15) is 0 Å². The zero-order chi connectivity index (χ0) is 34.5. The highest BCUT2D eigenvalue weighted by Crippen LogP contribution is 2.36. The first-order chi connectivity index (χ1) is 23.1. The number of amides is 2. The highest BCUT2D eigenvalue weighted by atomic mass is 19.1. The SMILES string of the molecule is CCc1c(F)cc2cc1CCC(NC(=O)C(OCNC(=O)CNC)C1CC1)/C(C)=C1\Cn3c(cc(C(C=O)CC)c(COC)c3=O)C1=N2. The molecule has 3 unspecified atom stereocenters. The molecule has 2 bridgehead atoms. The van der Waals surface area contributed by atoms with Crippen molar-refractivity contribution in [2.24, 2.45) is 10.9 Å². The fourth-order valence-corrected chi connectivity index (χ4v) is 6.81. The first-order valence-electron chi connectivity index (χ1n) is 16.8. The quantitative estimate of drug-likeness (QED) is 0.208. The fraction of sp³-hybridized carbons (Fsp3) is 0.528. The predicted octanol–water partition coefficient (Wildman–Crippen LogP) is 3.36. The van der Waals surface area contributed by atoms with Crippen LogP contribution in [0, 0.1) is 11.7 Å². The average molecular weight is 664 g/mol. The molecular formula is C36H46FN5O6. The second kappa shape index (κ2) is 15.5. The van der Waals surface area contributed by atoms with Gasteiger partial charge in [0.25, 0.3) is 5.56 Å². The van der Waals surface area contributed by atoms with E-state index >= 15 is 4.39 Å². The van der Waals surface area contributed by atoms with Crippen LogP contribution in [0.15, 0.2) is 39.1 Å². The summed E-state index contributed by atoms with van der Waals surface area (Å²) in [5.41, 5.74) is 5.23. The number of allylic oxidation sites excluding steroid dienone is 1. The van der Waals surface area contributed by atoms with Gasteiger partial charge in [-0.3, -0.25) is 14.4 Å². The lowest BCUT2D eigenvalue weighted by atomic mass is 9.90. The van der Waals surface area contributed by atoms with E-state index in [1.54, 1.807) is 11.6 Å². The summed E-state index contributed by atoms with van der Waals surface area (Å²) in [6, 6.07) is 4.68. The van der Waals surface area contributed by atoms with E-state index in [0.717, 1.165) is 35.8 Å². The molecule has 1 aromatic carbocycles. The summed E-state index contributed by atoms with van der Waals surface area (Å²) in [6.45, 7) is 6.02. The summed E-state index contributed by atoms with van der Waals surface area (Å²) in [5.74, 6) is -1.33. The lowest BCUT2D eigenvalue weighted by Gasteiger charge is -2.26. The van der Waals surface area contributed by atoms with Crippen LogP contribution in [0.1, 0.15) is 80.3 Å². The van der Waals surface area contributed by atoms with Crippen LogP contribution in [0.2, 0.25) is 0 Å². The van der Waals surface area contributed by atoms with E-state index in [-0.39, 0.29) is 55.5 Å². The number of carbonyl (C=O) groups excluding carboxylic acids is 3. The summed E-state index contributed by atoms with van der Waals surface area (Å²) in [4.78, 5) is 56.9. The summed E-state index contributed by atoms with van der Waals surface area (Å²) < 4.78 is 28.4. The second-order valence-electron chi connectivity index (χ2n) is 12.8. The zero-order valence-corrected chi connectivity index (χ0v) is 28.4.